The topological polar surface area (TPSA) is 57.4 Å². The van der Waals surface area contributed by atoms with E-state index < -0.39 is 0 Å². The molecule has 0 saturated carbocycles. The van der Waals surface area contributed by atoms with Crippen molar-refractivity contribution in [2.45, 2.75) is 13.8 Å². The van der Waals surface area contributed by atoms with Crippen molar-refractivity contribution in [1.29, 1.82) is 0 Å². The van der Waals surface area contributed by atoms with Crippen molar-refractivity contribution < 1.29 is 4.39 Å². The Labute approximate surface area is 192 Å². The Bertz CT molecular complexity index is 1450. The summed E-state index contributed by atoms with van der Waals surface area (Å²) in [6.45, 7) is 12.0. The molecule has 0 aliphatic rings. The largest absolute Gasteiger partial charge is 0.357 e. The SMILES string of the molecule is C=C/C=C(/c1ccc(F)cc1)c1cc(-c2n[nH]c(=C/C)/c2=C\C(=C)c2ccccn2)[nH]c1C. The summed E-state index contributed by atoms with van der Waals surface area (Å²) in [5, 5.41) is 9.52. The molecular formula is C28H25FN4. The van der Waals surface area contributed by atoms with E-state index in [4.69, 9.17) is 0 Å². The van der Waals surface area contributed by atoms with Gasteiger partial charge in [0.15, 0.2) is 0 Å². The first-order valence-corrected chi connectivity index (χ1v) is 10.6. The molecule has 0 bridgehead atoms. The van der Waals surface area contributed by atoms with Crippen LogP contribution >= 0.6 is 0 Å². The van der Waals surface area contributed by atoms with Gasteiger partial charge in [-0.3, -0.25) is 10.1 Å². The molecule has 0 radical (unpaired) electrons. The van der Waals surface area contributed by atoms with Crippen LogP contribution in [0.4, 0.5) is 4.39 Å². The molecule has 0 aliphatic carbocycles. The van der Waals surface area contributed by atoms with Crippen LogP contribution in [0.5, 0.6) is 0 Å². The molecule has 0 unspecified atom stereocenters. The van der Waals surface area contributed by atoms with Gasteiger partial charge in [0.2, 0.25) is 0 Å². The number of H-pyrrole nitrogens is 2. The Kier molecular flexibility index (Phi) is 6.31. The van der Waals surface area contributed by atoms with Crippen molar-refractivity contribution >= 4 is 23.3 Å². The zero-order valence-electron chi connectivity index (χ0n) is 18.7. The second-order valence-electron chi connectivity index (χ2n) is 7.62. The summed E-state index contributed by atoms with van der Waals surface area (Å²) in [7, 11) is 0. The van der Waals surface area contributed by atoms with Crippen LogP contribution in [0.25, 0.3) is 34.7 Å². The molecule has 5 heteroatoms. The third-order valence-corrected chi connectivity index (χ3v) is 5.43. The molecule has 4 rings (SSSR count). The predicted molar refractivity (Wildman–Crippen MR) is 134 cm³/mol. The first-order valence-electron chi connectivity index (χ1n) is 10.6. The highest BCUT2D eigenvalue weighted by molar-refractivity contribution is 5.87. The number of nitrogens with one attached hydrogen (secondary N) is 2. The average Bonchev–Trinajstić information content (AvgIpc) is 3.41. The minimum atomic E-state index is -0.267. The molecule has 3 aromatic heterocycles. The van der Waals surface area contributed by atoms with Crippen LogP contribution in [0.1, 0.15) is 29.4 Å². The lowest BCUT2D eigenvalue weighted by Gasteiger charge is -2.07. The molecule has 4 aromatic rings. The number of halogens is 1. The van der Waals surface area contributed by atoms with Gasteiger partial charge < -0.3 is 4.98 Å². The van der Waals surface area contributed by atoms with Crippen LogP contribution in [0.2, 0.25) is 0 Å². The zero-order valence-corrected chi connectivity index (χ0v) is 18.7. The van der Waals surface area contributed by atoms with Crippen LogP contribution in [0, 0.1) is 12.7 Å². The van der Waals surface area contributed by atoms with E-state index in [2.05, 4.69) is 39.4 Å². The van der Waals surface area contributed by atoms with Crippen LogP contribution in [-0.2, 0) is 0 Å². The molecule has 0 saturated heterocycles. The Morgan fingerprint density at radius 3 is 2.58 bits per heavy atom. The van der Waals surface area contributed by atoms with Crippen molar-refractivity contribution in [2.24, 2.45) is 0 Å². The van der Waals surface area contributed by atoms with Gasteiger partial charge in [-0.1, -0.05) is 49.6 Å². The Balaban J connectivity index is 1.83. The zero-order chi connectivity index (χ0) is 23.4. The summed E-state index contributed by atoms with van der Waals surface area (Å²) < 4.78 is 13.5. The predicted octanol–water partition coefficient (Wildman–Crippen LogP) is 5.16. The number of hydrogen-bond donors (Lipinski definition) is 2. The minimum Gasteiger partial charge on any atom is -0.357 e. The number of allylic oxidation sites excluding steroid dienone is 3. The normalized spacial score (nSPS) is 12.9. The lowest BCUT2D eigenvalue weighted by atomic mass is 9.97. The van der Waals surface area contributed by atoms with Gasteiger partial charge in [-0.15, -0.1) is 0 Å². The molecule has 0 atom stereocenters. The van der Waals surface area contributed by atoms with E-state index in [1.54, 1.807) is 24.4 Å². The number of pyridine rings is 1. The maximum absolute atomic E-state index is 13.5. The maximum Gasteiger partial charge on any atom is 0.123 e. The third-order valence-electron chi connectivity index (χ3n) is 5.43. The highest BCUT2D eigenvalue weighted by Gasteiger charge is 2.15. The van der Waals surface area contributed by atoms with Crippen LogP contribution in [0.3, 0.4) is 0 Å². The number of aromatic nitrogens is 4. The average molecular weight is 437 g/mol. The quantitative estimate of drug-likeness (QED) is 0.410. The van der Waals surface area contributed by atoms with Crippen molar-refractivity contribution in [3.05, 3.63) is 119 Å². The van der Waals surface area contributed by atoms with Gasteiger partial charge in [-0.05, 0) is 67.0 Å². The molecule has 4 nitrogen and oxygen atoms in total. The molecule has 0 amide bonds. The van der Waals surface area contributed by atoms with E-state index >= 15 is 0 Å². The molecular weight excluding hydrogens is 411 g/mol. The van der Waals surface area contributed by atoms with Gasteiger partial charge >= 0.3 is 0 Å². The summed E-state index contributed by atoms with van der Waals surface area (Å²) >= 11 is 0. The number of hydrogen-bond acceptors (Lipinski definition) is 2. The highest BCUT2D eigenvalue weighted by Crippen LogP contribution is 2.29. The molecule has 0 fully saturated rings. The second kappa shape index (κ2) is 9.49. The van der Waals surface area contributed by atoms with Crippen molar-refractivity contribution in [3.63, 3.8) is 0 Å². The molecule has 33 heavy (non-hydrogen) atoms. The summed E-state index contributed by atoms with van der Waals surface area (Å²) in [5.41, 5.74) is 7.08. The van der Waals surface area contributed by atoms with Crippen LogP contribution < -0.4 is 10.6 Å². The Morgan fingerprint density at radius 2 is 1.91 bits per heavy atom. The van der Waals surface area contributed by atoms with Gasteiger partial charge in [0.25, 0.3) is 0 Å². The molecule has 3 heterocycles. The van der Waals surface area contributed by atoms with E-state index in [-0.39, 0.29) is 5.82 Å². The monoisotopic (exact) mass is 436 g/mol. The fraction of sp³-hybridized carbons (Fsp3) is 0.0714. The summed E-state index contributed by atoms with van der Waals surface area (Å²) in [5.74, 6) is -0.267. The Morgan fingerprint density at radius 1 is 1.12 bits per heavy atom. The second-order valence-corrected chi connectivity index (χ2v) is 7.62. The van der Waals surface area contributed by atoms with Crippen LogP contribution in [-0.4, -0.2) is 20.2 Å². The first-order chi connectivity index (χ1) is 16.0. The van der Waals surface area contributed by atoms with Crippen molar-refractivity contribution in [3.8, 4) is 11.4 Å². The first kappa shape index (κ1) is 22.0. The van der Waals surface area contributed by atoms with E-state index in [0.29, 0.717) is 0 Å². The van der Waals surface area contributed by atoms with Gasteiger partial charge in [-0.25, -0.2) is 4.39 Å². The van der Waals surface area contributed by atoms with E-state index in [1.165, 1.54) is 12.1 Å². The fourth-order valence-electron chi connectivity index (χ4n) is 3.79. The van der Waals surface area contributed by atoms with E-state index in [1.807, 2.05) is 50.3 Å². The van der Waals surface area contributed by atoms with Gasteiger partial charge in [-0.2, -0.15) is 5.10 Å². The van der Waals surface area contributed by atoms with Crippen LogP contribution in [0.15, 0.2) is 80.0 Å². The Hall–Kier alpha value is -4.25. The number of aryl methyl sites for hydroxylation is 1. The smallest absolute Gasteiger partial charge is 0.123 e. The van der Waals surface area contributed by atoms with E-state index in [0.717, 1.165) is 55.6 Å². The number of aromatic amines is 2. The standard InChI is InChI=1S/C28H25FN4/c1-5-9-22(20-11-13-21(29)14-12-20)23-17-27(31-19(23)4)28-24(25(6-2)32-33-28)16-18(3)26-10-7-8-15-30-26/h5-17,31-32H,1,3H2,2,4H3/b22-9-,24-16+,25-6+. The van der Waals surface area contributed by atoms with Crippen molar-refractivity contribution in [2.75, 3.05) is 0 Å². The molecule has 0 spiro atoms. The third kappa shape index (κ3) is 4.53. The molecule has 1 aromatic carbocycles. The fourth-order valence-corrected chi connectivity index (χ4v) is 3.79. The number of nitrogens with zero attached hydrogens (tertiary/aromatic N) is 2. The summed E-state index contributed by atoms with van der Waals surface area (Å²) in [6.07, 6.45) is 9.39. The lowest BCUT2D eigenvalue weighted by Crippen LogP contribution is -2.23. The summed E-state index contributed by atoms with van der Waals surface area (Å²) in [4.78, 5) is 7.86. The number of rotatable bonds is 6. The van der Waals surface area contributed by atoms with Gasteiger partial charge in [0, 0.05) is 22.7 Å². The lowest BCUT2D eigenvalue weighted by molar-refractivity contribution is 0.627. The minimum absolute atomic E-state index is 0.267. The van der Waals surface area contributed by atoms with Gasteiger partial charge in [0.1, 0.15) is 11.5 Å². The van der Waals surface area contributed by atoms with E-state index in [9.17, 15) is 4.39 Å². The van der Waals surface area contributed by atoms with Crippen molar-refractivity contribution in [1.82, 2.24) is 20.2 Å². The molecule has 0 aliphatic heterocycles. The maximum atomic E-state index is 13.5. The summed E-state index contributed by atoms with van der Waals surface area (Å²) in [6, 6.07) is 14.3. The molecule has 164 valence electrons. The highest BCUT2D eigenvalue weighted by atomic mass is 19.1. The number of benzene rings is 1. The molecule has 2 N–H and O–H groups in total. The van der Waals surface area contributed by atoms with Gasteiger partial charge in [0.05, 0.1) is 16.7 Å².